The average Bonchev–Trinajstić information content (AvgIpc) is 3.33. The first kappa shape index (κ1) is 17.2. The maximum atomic E-state index is 13.9. The normalized spacial score (nSPS) is 30.9. The van der Waals surface area contributed by atoms with Crippen LogP contribution in [0.1, 0.15) is 48.5 Å². The summed E-state index contributed by atoms with van der Waals surface area (Å²) in [5, 5.41) is 0.628. The second kappa shape index (κ2) is 6.60. The van der Waals surface area contributed by atoms with Crippen LogP contribution in [-0.2, 0) is 9.47 Å². The summed E-state index contributed by atoms with van der Waals surface area (Å²) < 4.78 is 27.3. The number of ether oxygens (including phenoxy) is 2. The number of benzene rings is 1. The van der Waals surface area contributed by atoms with Gasteiger partial charge in [0.25, 0.3) is 0 Å². The molecule has 2 bridgehead atoms. The van der Waals surface area contributed by atoms with Crippen LogP contribution in [0, 0.1) is 5.82 Å². The van der Waals surface area contributed by atoms with Gasteiger partial charge in [-0.1, -0.05) is 0 Å². The Morgan fingerprint density at radius 2 is 1.96 bits per heavy atom. The lowest BCUT2D eigenvalue weighted by Crippen LogP contribution is -2.43. The first-order valence-electron chi connectivity index (χ1n) is 9.91. The third-order valence-corrected chi connectivity index (χ3v) is 6.64. The first-order chi connectivity index (χ1) is 13.1. The SMILES string of the molecule is CN1[C@@H]2CC[C@H]1C[C@H](OC(=O)c1cn(C3CCOC3)c3ccc(F)cc13)C2. The van der Waals surface area contributed by atoms with Crippen LogP contribution < -0.4 is 0 Å². The molecule has 27 heavy (non-hydrogen) atoms. The van der Waals surface area contributed by atoms with E-state index in [2.05, 4.69) is 16.5 Å². The van der Waals surface area contributed by atoms with Crippen LogP contribution in [0.25, 0.3) is 10.9 Å². The minimum absolute atomic E-state index is 0.0482. The summed E-state index contributed by atoms with van der Waals surface area (Å²) >= 11 is 0. The van der Waals surface area contributed by atoms with Gasteiger partial charge >= 0.3 is 5.97 Å². The number of halogens is 1. The van der Waals surface area contributed by atoms with Crippen molar-refractivity contribution in [1.29, 1.82) is 0 Å². The van der Waals surface area contributed by atoms with Gasteiger partial charge in [0.05, 0.1) is 18.2 Å². The number of esters is 1. The molecular weight excluding hydrogens is 347 g/mol. The predicted molar refractivity (Wildman–Crippen MR) is 99.4 cm³/mol. The summed E-state index contributed by atoms with van der Waals surface area (Å²) in [6, 6.07) is 5.83. The molecule has 1 aromatic carbocycles. The number of piperidine rings is 1. The summed E-state index contributed by atoms with van der Waals surface area (Å²) in [5.74, 6) is -0.675. The fourth-order valence-corrected chi connectivity index (χ4v) is 5.11. The standard InChI is InChI=1S/C21H25FN2O3/c1-23-14-3-4-15(23)10-17(9-14)27-21(25)19-11-24(16-6-7-26-12-16)20-5-2-13(22)8-18(19)20/h2,5,8,11,14-17H,3-4,6-7,9-10,12H2,1H3/t14-,15+,16?,17-. The van der Waals surface area contributed by atoms with E-state index in [1.54, 1.807) is 6.07 Å². The van der Waals surface area contributed by atoms with Crippen LogP contribution in [0.2, 0.25) is 0 Å². The lowest BCUT2D eigenvalue weighted by Gasteiger charge is -2.35. The van der Waals surface area contributed by atoms with E-state index in [1.165, 1.54) is 25.0 Å². The van der Waals surface area contributed by atoms with Gasteiger partial charge in [-0.3, -0.25) is 0 Å². The molecule has 1 aromatic heterocycles. The zero-order chi connectivity index (χ0) is 18.5. The second-order valence-corrected chi connectivity index (χ2v) is 8.18. The number of aromatic nitrogens is 1. The molecule has 1 unspecified atom stereocenters. The Labute approximate surface area is 158 Å². The number of carbonyl (C=O) groups is 1. The molecule has 0 aliphatic carbocycles. The van der Waals surface area contributed by atoms with Crippen molar-refractivity contribution in [2.75, 3.05) is 20.3 Å². The van der Waals surface area contributed by atoms with Gasteiger partial charge in [-0.25, -0.2) is 9.18 Å². The van der Waals surface area contributed by atoms with Crippen LogP contribution in [0.5, 0.6) is 0 Å². The van der Waals surface area contributed by atoms with Gasteiger partial charge in [0.15, 0.2) is 0 Å². The van der Waals surface area contributed by atoms with Crippen molar-refractivity contribution < 1.29 is 18.7 Å². The molecule has 2 aromatic rings. The van der Waals surface area contributed by atoms with Crippen LogP contribution >= 0.6 is 0 Å². The lowest BCUT2D eigenvalue weighted by molar-refractivity contribution is -0.000291. The van der Waals surface area contributed by atoms with Gasteiger partial charge in [-0.05, 0) is 44.5 Å². The maximum Gasteiger partial charge on any atom is 0.340 e. The minimum atomic E-state index is -0.339. The van der Waals surface area contributed by atoms with E-state index in [1.807, 2.05) is 6.20 Å². The maximum absolute atomic E-state index is 13.9. The Morgan fingerprint density at radius 3 is 2.67 bits per heavy atom. The fraction of sp³-hybridized carbons (Fsp3) is 0.571. The molecule has 3 saturated heterocycles. The lowest BCUT2D eigenvalue weighted by atomic mass is 10.0. The first-order valence-corrected chi connectivity index (χ1v) is 9.91. The van der Waals surface area contributed by atoms with Crippen molar-refractivity contribution in [3.63, 3.8) is 0 Å². The van der Waals surface area contributed by atoms with E-state index in [4.69, 9.17) is 9.47 Å². The summed E-state index contributed by atoms with van der Waals surface area (Å²) in [7, 11) is 2.17. The smallest absolute Gasteiger partial charge is 0.340 e. The largest absolute Gasteiger partial charge is 0.459 e. The summed E-state index contributed by atoms with van der Waals surface area (Å²) in [4.78, 5) is 15.4. The highest BCUT2D eigenvalue weighted by atomic mass is 19.1. The number of nitrogens with zero attached hydrogens (tertiary/aromatic N) is 2. The molecule has 0 amide bonds. The van der Waals surface area contributed by atoms with Gasteiger partial charge in [0, 0.05) is 48.6 Å². The highest BCUT2D eigenvalue weighted by Crippen LogP contribution is 2.36. The van der Waals surface area contributed by atoms with Crippen molar-refractivity contribution in [1.82, 2.24) is 9.47 Å². The van der Waals surface area contributed by atoms with E-state index in [9.17, 15) is 9.18 Å². The summed E-state index contributed by atoms with van der Waals surface area (Å²) in [5.41, 5.74) is 1.32. The molecule has 6 heteroatoms. The fourth-order valence-electron chi connectivity index (χ4n) is 5.11. The van der Waals surface area contributed by atoms with E-state index >= 15 is 0 Å². The van der Waals surface area contributed by atoms with Crippen LogP contribution in [-0.4, -0.2) is 53.9 Å². The third kappa shape index (κ3) is 2.95. The molecule has 144 valence electrons. The third-order valence-electron chi connectivity index (χ3n) is 6.64. The monoisotopic (exact) mass is 372 g/mol. The van der Waals surface area contributed by atoms with Crippen LogP contribution in [0.15, 0.2) is 24.4 Å². The van der Waals surface area contributed by atoms with Crippen molar-refractivity contribution in [2.24, 2.45) is 0 Å². The molecule has 4 heterocycles. The Bertz CT molecular complexity index is 860. The Hall–Kier alpha value is -1.92. The Balaban J connectivity index is 1.43. The van der Waals surface area contributed by atoms with E-state index < -0.39 is 0 Å². The summed E-state index contributed by atoms with van der Waals surface area (Å²) in [6.45, 7) is 1.33. The van der Waals surface area contributed by atoms with Crippen LogP contribution in [0.4, 0.5) is 4.39 Å². The van der Waals surface area contributed by atoms with Gasteiger partial charge in [-0.2, -0.15) is 0 Å². The molecule has 4 atom stereocenters. The summed E-state index contributed by atoms with van der Waals surface area (Å²) in [6.07, 6.45) is 6.82. The predicted octanol–water partition coefficient (Wildman–Crippen LogP) is 3.52. The number of fused-ring (bicyclic) bond motifs is 3. The van der Waals surface area contributed by atoms with Gasteiger partial charge in [0.1, 0.15) is 11.9 Å². The number of rotatable bonds is 3. The Morgan fingerprint density at radius 1 is 1.19 bits per heavy atom. The Kier molecular flexibility index (Phi) is 4.20. The minimum Gasteiger partial charge on any atom is -0.459 e. The molecule has 0 radical (unpaired) electrons. The van der Waals surface area contributed by atoms with Gasteiger partial charge in [0.2, 0.25) is 0 Å². The average molecular weight is 372 g/mol. The molecule has 0 N–H and O–H groups in total. The van der Waals surface area contributed by atoms with Crippen molar-refractivity contribution in [3.8, 4) is 0 Å². The quantitative estimate of drug-likeness (QED) is 0.774. The van der Waals surface area contributed by atoms with Crippen molar-refractivity contribution in [3.05, 3.63) is 35.8 Å². The second-order valence-electron chi connectivity index (χ2n) is 8.18. The molecule has 5 nitrogen and oxygen atoms in total. The molecule has 5 rings (SSSR count). The van der Waals surface area contributed by atoms with E-state index in [-0.39, 0.29) is 23.9 Å². The zero-order valence-electron chi connectivity index (χ0n) is 15.6. The van der Waals surface area contributed by atoms with Gasteiger partial charge in [-0.15, -0.1) is 0 Å². The van der Waals surface area contributed by atoms with Gasteiger partial charge < -0.3 is 18.9 Å². The molecular formula is C21H25FN2O3. The zero-order valence-corrected chi connectivity index (χ0v) is 15.6. The molecule has 3 fully saturated rings. The van der Waals surface area contributed by atoms with E-state index in [0.29, 0.717) is 36.2 Å². The van der Waals surface area contributed by atoms with Crippen LogP contribution in [0.3, 0.4) is 0 Å². The number of hydrogen-bond donors (Lipinski definition) is 0. The molecule has 0 spiro atoms. The number of hydrogen-bond acceptors (Lipinski definition) is 4. The molecule has 0 saturated carbocycles. The highest BCUT2D eigenvalue weighted by molar-refractivity contribution is 6.04. The topological polar surface area (TPSA) is 43.7 Å². The highest BCUT2D eigenvalue weighted by Gasteiger charge is 2.40. The van der Waals surface area contributed by atoms with Crippen molar-refractivity contribution >= 4 is 16.9 Å². The van der Waals surface area contributed by atoms with Crippen molar-refractivity contribution in [2.45, 2.75) is 56.3 Å². The molecule has 3 aliphatic rings. The molecule has 3 aliphatic heterocycles. The number of carbonyl (C=O) groups excluding carboxylic acids is 1. The van der Waals surface area contributed by atoms with E-state index in [0.717, 1.165) is 24.8 Å².